The highest BCUT2D eigenvalue weighted by Gasteiger charge is 2.42. The van der Waals surface area contributed by atoms with E-state index in [1.54, 1.807) is 0 Å². The van der Waals surface area contributed by atoms with Crippen LogP contribution in [0.5, 0.6) is 0 Å². The van der Waals surface area contributed by atoms with E-state index in [1.807, 2.05) is 0 Å². The van der Waals surface area contributed by atoms with Gasteiger partial charge in [-0.15, -0.1) is 0 Å². The summed E-state index contributed by atoms with van der Waals surface area (Å²) in [5.41, 5.74) is 1.27. The van der Waals surface area contributed by atoms with Gasteiger partial charge in [-0.2, -0.15) is 0 Å². The van der Waals surface area contributed by atoms with E-state index in [1.165, 1.54) is 10.0 Å². The lowest BCUT2D eigenvalue weighted by Crippen LogP contribution is -2.55. The third-order valence-electron chi connectivity index (χ3n) is 3.90. The van der Waals surface area contributed by atoms with Crippen LogP contribution in [0, 0.1) is 0 Å². The van der Waals surface area contributed by atoms with Gasteiger partial charge in [0.15, 0.2) is 0 Å². The highest BCUT2D eigenvalue weighted by atomic mass is 79.9. The number of halogens is 1. The van der Waals surface area contributed by atoms with Gasteiger partial charge in [0.1, 0.15) is 5.60 Å². The van der Waals surface area contributed by atoms with Crippen molar-refractivity contribution in [3.63, 3.8) is 0 Å². The fourth-order valence-electron chi connectivity index (χ4n) is 3.13. The fraction of sp³-hybridized carbons (Fsp3) is 0.600. The first-order chi connectivity index (χ1) is 9.17. The molecule has 1 aromatic rings. The molecule has 0 radical (unpaired) electrons. The van der Waals surface area contributed by atoms with Gasteiger partial charge in [-0.3, -0.25) is 4.90 Å². The van der Waals surface area contributed by atoms with Crippen molar-refractivity contribution < 1.29 is 9.47 Å². The van der Waals surface area contributed by atoms with Crippen molar-refractivity contribution in [1.29, 1.82) is 0 Å². The molecule has 0 aliphatic carbocycles. The van der Waals surface area contributed by atoms with E-state index < -0.39 is 0 Å². The van der Waals surface area contributed by atoms with Gasteiger partial charge in [-0.1, -0.05) is 34.1 Å². The Morgan fingerprint density at radius 3 is 3.00 bits per heavy atom. The standard InChI is InChI=1S/C15H20BrNO2/c1-12-8-17(9-13-4-2-3-5-14(13)16)10-15(19-12)6-7-18-11-15/h2-5,12H,6-11H2,1H3. The number of hydrogen-bond acceptors (Lipinski definition) is 3. The molecule has 2 saturated heterocycles. The predicted molar refractivity (Wildman–Crippen MR) is 78.1 cm³/mol. The van der Waals surface area contributed by atoms with Crippen molar-refractivity contribution in [1.82, 2.24) is 4.90 Å². The lowest BCUT2D eigenvalue weighted by atomic mass is 9.99. The molecule has 0 N–H and O–H groups in total. The molecule has 0 bridgehead atoms. The number of nitrogens with zero attached hydrogens (tertiary/aromatic N) is 1. The van der Waals surface area contributed by atoms with E-state index in [9.17, 15) is 0 Å². The predicted octanol–water partition coefficient (Wildman–Crippen LogP) is 2.83. The zero-order chi connectivity index (χ0) is 13.3. The van der Waals surface area contributed by atoms with Gasteiger partial charge in [-0.25, -0.2) is 0 Å². The van der Waals surface area contributed by atoms with E-state index in [4.69, 9.17) is 9.47 Å². The third-order valence-corrected chi connectivity index (χ3v) is 4.67. The van der Waals surface area contributed by atoms with E-state index >= 15 is 0 Å². The minimum Gasteiger partial charge on any atom is -0.378 e. The molecule has 0 saturated carbocycles. The fourth-order valence-corrected chi connectivity index (χ4v) is 3.54. The van der Waals surface area contributed by atoms with Crippen LogP contribution in [0.1, 0.15) is 18.9 Å². The van der Waals surface area contributed by atoms with Crippen molar-refractivity contribution in [2.75, 3.05) is 26.3 Å². The molecule has 2 heterocycles. The molecule has 2 fully saturated rings. The molecule has 4 heteroatoms. The Labute approximate surface area is 123 Å². The number of morpholine rings is 1. The van der Waals surface area contributed by atoms with Gasteiger partial charge in [0, 0.05) is 37.1 Å². The zero-order valence-electron chi connectivity index (χ0n) is 11.3. The summed E-state index contributed by atoms with van der Waals surface area (Å²) < 4.78 is 12.9. The molecule has 0 aromatic heterocycles. The Balaban J connectivity index is 1.72. The van der Waals surface area contributed by atoms with E-state index in [0.29, 0.717) is 0 Å². The quantitative estimate of drug-likeness (QED) is 0.834. The molecular formula is C15H20BrNO2. The summed E-state index contributed by atoms with van der Waals surface area (Å²) in [7, 11) is 0. The summed E-state index contributed by atoms with van der Waals surface area (Å²) in [4.78, 5) is 2.49. The van der Waals surface area contributed by atoms with Gasteiger partial charge >= 0.3 is 0 Å². The SMILES string of the molecule is CC1CN(Cc2ccccc2Br)CC2(CCOC2)O1. The van der Waals surface area contributed by atoms with Gasteiger partial charge in [0.25, 0.3) is 0 Å². The van der Waals surface area contributed by atoms with Crippen LogP contribution in [0.3, 0.4) is 0 Å². The monoisotopic (exact) mass is 325 g/mol. The summed E-state index contributed by atoms with van der Waals surface area (Å²) in [6.45, 7) is 6.66. The molecule has 2 unspecified atom stereocenters. The summed E-state index contributed by atoms with van der Waals surface area (Å²) in [5.74, 6) is 0. The smallest absolute Gasteiger partial charge is 0.107 e. The average Bonchev–Trinajstić information content (AvgIpc) is 2.79. The van der Waals surface area contributed by atoms with Crippen LogP contribution in [0.25, 0.3) is 0 Å². The van der Waals surface area contributed by atoms with E-state index in [-0.39, 0.29) is 11.7 Å². The Bertz CT molecular complexity index is 446. The van der Waals surface area contributed by atoms with E-state index in [2.05, 4.69) is 52.0 Å². The van der Waals surface area contributed by atoms with Crippen LogP contribution in [0.15, 0.2) is 28.7 Å². The lowest BCUT2D eigenvalue weighted by molar-refractivity contribution is -0.149. The molecule has 3 rings (SSSR count). The average molecular weight is 326 g/mol. The van der Waals surface area contributed by atoms with Gasteiger partial charge in [0.05, 0.1) is 12.7 Å². The summed E-state index contributed by atoms with van der Waals surface area (Å²) in [5, 5.41) is 0. The third kappa shape index (κ3) is 3.02. The van der Waals surface area contributed by atoms with E-state index in [0.717, 1.165) is 39.3 Å². The molecule has 2 aliphatic rings. The minimum atomic E-state index is -0.0705. The number of benzene rings is 1. The normalized spacial score (nSPS) is 32.0. The molecule has 0 amide bonds. The first-order valence-corrected chi connectivity index (χ1v) is 7.68. The molecule has 1 spiro atoms. The lowest BCUT2D eigenvalue weighted by Gasteiger charge is -2.43. The molecule has 2 atom stereocenters. The van der Waals surface area contributed by atoms with Gasteiger partial charge < -0.3 is 9.47 Å². The van der Waals surface area contributed by atoms with Crippen molar-refractivity contribution in [3.8, 4) is 0 Å². The van der Waals surface area contributed by atoms with Crippen LogP contribution in [-0.2, 0) is 16.0 Å². The Hall–Kier alpha value is -0.420. The Kier molecular flexibility index (Phi) is 3.94. The van der Waals surface area contributed by atoms with Crippen molar-refractivity contribution in [3.05, 3.63) is 34.3 Å². The first-order valence-electron chi connectivity index (χ1n) is 6.88. The highest BCUT2D eigenvalue weighted by molar-refractivity contribution is 9.10. The summed E-state index contributed by atoms with van der Waals surface area (Å²) in [6, 6.07) is 8.44. The van der Waals surface area contributed by atoms with Crippen molar-refractivity contribution in [2.45, 2.75) is 31.6 Å². The van der Waals surface area contributed by atoms with Gasteiger partial charge in [0.2, 0.25) is 0 Å². The number of rotatable bonds is 2. The van der Waals surface area contributed by atoms with Crippen LogP contribution < -0.4 is 0 Å². The van der Waals surface area contributed by atoms with Crippen LogP contribution >= 0.6 is 15.9 Å². The number of hydrogen-bond donors (Lipinski definition) is 0. The summed E-state index contributed by atoms with van der Waals surface area (Å²) in [6.07, 6.45) is 1.29. The maximum Gasteiger partial charge on any atom is 0.107 e. The Morgan fingerprint density at radius 2 is 2.26 bits per heavy atom. The first kappa shape index (κ1) is 13.6. The molecular weight excluding hydrogens is 306 g/mol. The maximum absolute atomic E-state index is 6.15. The molecule has 3 nitrogen and oxygen atoms in total. The molecule has 19 heavy (non-hydrogen) atoms. The summed E-state index contributed by atoms with van der Waals surface area (Å²) >= 11 is 3.63. The topological polar surface area (TPSA) is 21.7 Å². The van der Waals surface area contributed by atoms with Gasteiger partial charge in [-0.05, 0) is 18.6 Å². The largest absolute Gasteiger partial charge is 0.378 e. The van der Waals surface area contributed by atoms with Crippen LogP contribution in [0.2, 0.25) is 0 Å². The second-order valence-corrected chi connectivity index (χ2v) is 6.53. The van der Waals surface area contributed by atoms with Crippen LogP contribution in [0.4, 0.5) is 0 Å². The zero-order valence-corrected chi connectivity index (χ0v) is 12.9. The second kappa shape index (κ2) is 5.52. The van der Waals surface area contributed by atoms with Crippen LogP contribution in [-0.4, -0.2) is 42.9 Å². The van der Waals surface area contributed by atoms with Crippen molar-refractivity contribution in [2.24, 2.45) is 0 Å². The molecule has 2 aliphatic heterocycles. The second-order valence-electron chi connectivity index (χ2n) is 5.68. The molecule has 104 valence electrons. The maximum atomic E-state index is 6.15. The minimum absolute atomic E-state index is 0.0705. The highest BCUT2D eigenvalue weighted by Crippen LogP contribution is 2.31. The Morgan fingerprint density at radius 1 is 1.42 bits per heavy atom. The number of ether oxygens (including phenoxy) is 2. The van der Waals surface area contributed by atoms with Crippen molar-refractivity contribution >= 4 is 15.9 Å². The molecule has 1 aromatic carbocycles.